The number of amides is 3. The zero-order valence-corrected chi connectivity index (χ0v) is 43.6. The number of aryl methyl sites for hydroxylation is 1. The number of methoxy groups -OCH3 is 2. The van der Waals surface area contributed by atoms with Gasteiger partial charge in [-0.05, 0) is 88.9 Å². The molecule has 0 atom stereocenters. The first-order valence-electron chi connectivity index (χ1n) is 21.3. The maximum Gasteiger partial charge on any atom is 0.265 e. The molecule has 9 N–H and O–H groups in total. The number of nitrogens with one attached hydrogen (secondary N) is 5. The van der Waals surface area contributed by atoms with Crippen molar-refractivity contribution in [3.05, 3.63) is 111 Å². The molecule has 0 fully saturated rings. The van der Waals surface area contributed by atoms with Gasteiger partial charge in [-0.25, -0.2) is 26.8 Å². The summed E-state index contributed by atoms with van der Waals surface area (Å²) in [5.74, 6) is -0.654. The van der Waals surface area contributed by atoms with Gasteiger partial charge >= 0.3 is 0 Å². The van der Waals surface area contributed by atoms with Crippen LogP contribution in [0.2, 0.25) is 0 Å². The maximum absolute atomic E-state index is 13.4. The van der Waals surface area contributed by atoms with Crippen molar-refractivity contribution < 1.29 is 40.7 Å². The number of hydrogen-bond acceptors (Lipinski definition) is 15. The van der Waals surface area contributed by atoms with E-state index in [1.807, 2.05) is 59.7 Å². The smallest absolute Gasteiger partial charge is 0.265 e. The standard InChI is InChI=1S/C27H30N6O5S2.C21H25N3O4S2/c1-14-17(13-29-26(28)30-14)24(34)31-18-9-7-8-15-10-21(39-23(15)18)25(35)32-19-11-16(27(2,3)4)12-20(22(19)38-5)33-40(6,36)37;1-21(2,3)12-9-15(19(28-4)16(10-12)24-30(5,26)27)23-20(25)18-11-13-14(22)7-6-8-17(13)29-18/h7-13,33H,1-6H3,(H,31,34)(H,32,35)(H2,28,29,30);6-11,24H,22H2,1-5H3,(H,23,25). The average Bonchev–Trinajstić information content (AvgIpc) is 3.89. The van der Waals surface area contributed by atoms with Crippen LogP contribution in [-0.2, 0) is 30.9 Å². The number of anilines is 7. The van der Waals surface area contributed by atoms with Crippen molar-refractivity contribution in [1.82, 2.24) is 9.97 Å². The molecule has 18 nitrogen and oxygen atoms in total. The number of carbonyl (C=O) groups excluding carboxylic acids is 3. The number of nitrogens with two attached hydrogens (primary N) is 2. The van der Waals surface area contributed by atoms with E-state index in [2.05, 4.69) is 35.4 Å². The van der Waals surface area contributed by atoms with Crippen molar-refractivity contribution in [3.63, 3.8) is 0 Å². The van der Waals surface area contributed by atoms with Crippen molar-refractivity contribution in [2.45, 2.75) is 59.3 Å². The minimum absolute atomic E-state index is 0.0777. The van der Waals surface area contributed by atoms with E-state index < -0.39 is 31.9 Å². The van der Waals surface area contributed by atoms with Crippen molar-refractivity contribution in [2.75, 3.05) is 63.6 Å². The third kappa shape index (κ3) is 12.6. The molecule has 0 radical (unpaired) electrons. The van der Waals surface area contributed by atoms with Gasteiger partial charge in [0.2, 0.25) is 26.0 Å². The second-order valence-electron chi connectivity index (χ2n) is 18.3. The summed E-state index contributed by atoms with van der Waals surface area (Å²) in [6, 6.07) is 21.3. The van der Waals surface area contributed by atoms with E-state index in [0.717, 1.165) is 39.1 Å². The SMILES string of the molecule is COc1c(NC(=O)c2cc3c(N)cccc3s2)cc(C(C)(C)C)cc1NS(C)(=O)=O.COc1c(NC(=O)c2cc3cccc(NC(=O)c4cnc(N)nc4C)c3s2)cc(C(C)(C)C)cc1NS(C)(=O)=O. The third-order valence-corrected chi connectivity index (χ3v) is 13.9. The highest BCUT2D eigenvalue weighted by atomic mass is 32.2. The highest BCUT2D eigenvalue weighted by Crippen LogP contribution is 2.42. The van der Waals surface area contributed by atoms with Gasteiger partial charge in [-0.3, -0.25) is 23.8 Å². The molecule has 4 aromatic carbocycles. The first-order valence-corrected chi connectivity index (χ1v) is 26.7. The molecule has 0 spiro atoms. The molecule has 0 saturated heterocycles. The van der Waals surface area contributed by atoms with Gasteiger partial charge in [-0.15, -0.1) is 22.7 Å². The molecule has 22 heteroatoms. The Morgan fingerprint density at radius 1 is 0.629 bits per heavy atom. The van der Waals surface area contributed by atoms with Gasteiger partial charge in [-0.2, -0.15) is 0 Å². The third-order valence-electron chi connectivity index (χ3n) is 10.5. The molecule has 0 aliphatic rings. The van der Waals surface area contributed by atoms with Crippen LogP contribution in [0.15, 0.2) is 79.0 Å². The summed E-state index contributed by atoms with van der Waals surface area (Å²) in [6.07, 6.45) is 3.48. The van der Waals surface area contributed by atoms with Crippen molar-refractivity contribution in [1.29, 1.82) is 0 Å². The number of rotatable bonds is 12. The Kier molecular flexibility index (Phi) is 15.1. The second kappa shape index (κ2) is 20.1. The lowest BCUT2D eigenvalue weighted by atomic mass is 9.86. The number of nitrogen functional groups attached to an aromatic ring is 2. The predicted octanol–water partition coefficient (Wildman–Crippen LogP) is 9.18. The summed E-state index contributed by atoms with van der Waals surface area (Å²) in [4.78, 5) is 48.1. The van der Waals surface area contributed by atoms with Crippen LogP contribution < -0.4 is 46.3 Å². The van der Waals surface area contributed by atoms with Crippen molar-refractivity contribution in [2.24, 2.45) is 0 Å². The molecular weight excluding hydrogens is 975 g/mol. The van der Waals surface area contributed by atoms with Crippen molar-refractivity contribution >= 4 is 121 Å². The minimum atomic E-state index is -3.62. The van der Waals surface area contributed by atoms with Crippen LogP contribution in [0, 0.1) is 6.92 Å². The number of hydrogen-bond donors (Lipinski definition) is 7. The largest absolute Gasteiger partial charge is 0.492 e. The molecule has 3 aromatic heterocycles. The number of fused-ring (bicyclic) bond motifs is 2. The first kappa shape index (κ1) is 52.4. The topological polar surface area (TPSA) is 276 Å². The predicted molar refractivity (Wildman–Crippen MR) is 283 cm³/mol. The number of aromatic nitrogens is 2. The van der Waals surface area contributed by atoms with Crippen molar-refractivity contribution in [3.8, 4) is 11.5 Å². The lowest BCUT2D eigenvalue weighted by molar-refractivity contribution is 0.101. The maximum atomic E-state index is 13.4. The van der Waals surface area contributed by atoms with Gasteiger partial charge in [0.05, 0.1) is 80.9 Å². The van der Waals surface area contributed by atoms with Gasteiger partial charge in [0.15, 0.2) is 11.5 Å². The molecule has 0 aliphatic carbocycles. The minimum Gasteiger partial charge on any atom is -0.492 e. The van der Waals surface area contributed by atoms with Gasteiger partial charge in [-0.1, -0.05) is 59.7 Å². The monoisotopic (exact) mass is 1030 g/mol. The summed E-state index contributed by atoms with van der Waals surface area (Å²) in [5, 5.41) is 10.2. The van der Waals surface area contributed by atoms with Gasteiger partial charge in [0.25, 0.3) is 17.7 Å². The number of benzene rings is 4. The van der Waals surface area contributed by atoms with Crippen LogP contribution in [0.5, 0.6) is 11.5 Å². The molecule has 0 unspecified atom stereocenters. The van der Waals surface area contributed by atoms with Crippen LogP contribution in [0.1, 0.15) is 88.1 Å². The molecule has 0 bridgehead atoms. The van der Waals surface area contributed by atoms with Gasteiger partial charge < -0.3 is 36.9 Å². The fourth-order valence-corrected chi connectivity index (χ4v) is 10.2. The Labute approximate surface area is 414 Å². The van der Waals surface area contributed by atoms with E-state index in [1.54, 1.807) is 61.5 Å². The normalized spacial score (nSPS) is 11.9. The molecule has 7 aromatic rings. The first-order chi connectivity index (χ1) is 32.5. The molecule has 0 saturated carbocycles. The Hall–Kier alpha value is -7.01. The molecule has 70 heavy (non-hydrogen) atoms. The number of carbonyl (C=O) groups is 3. The fourth-order valence-electron chi connectivity index (χ4n) is 7.03. The zero-order valence-electron chi connectivity index (χ0n) is 40.4. The van der Waals surface area contributed by atoms with E-state index in [1.165, 1.54) is 43.1 Å². The molecule has 370 valence electrons. The highest BCUT2D eigenvalue weighted by Gasteiger charge is 2.25. The average molecular weight is 1030 g/mol. The van der Waals surface area contributed by atoms with Gasteiger partial charge in [0, 0.05) is 22.0 Å². The molecule has 3 amide bonds. The van der Waals surface area contributed by atoms with E-state index in [-0.39, 0.29) is 51.1 Å². The second-order valence-corrected chi connectivity index (χ2v) is 23.9. The molecule has 0 aliphatic heterocycles. The van der Waals surface area contributed by atoms with E-state index in [4.69, 9.17) is 20.9 Å². The van der Waals surface area contributed by atoms with E-state index >= 15 is 0 Å². The number of nitrogens with zero attached hydrogens (tertiary/aromatic N) is 2. The van der Waals surface area contributed by atoms with Crippen LogP contribution in [0.3, 0.4) is 0 Å². The van der Waals surface area contributed by atoms with Gasteiger partial charge in [0.1, 0.15) is 0 Å². The highest BCUT2D eigenvalue weighted by molar-refractivity contribution is 7.92. The van der Waals surface area contributed by atoms with E-state index in [0.29, 0.717) is 42.9 Å². The Morgan fingerprint density at radius 3 is 1.59 bits per heavy atom. The lowest BCUT2D eigenvalue weighted by Crippen LogP contribution is -2.18. The number of ether oxygens (including phenoxy) is 2. The lowest BCUT2D eigenvalue weighted by Gasteiger charge is -2.23. The summed E-state index contributed by atoms with van der Waals surface area (Å²) >= 11 is 2.53. The molecule has 3 heterocycles. The van der Waals surface area contributed by atoms with Crippen LogP contribution in [-0.4, -0.2) is 71.3 Å². The Morgan fingerprint density at radius 2 is 1.11 bits per heavy atom. The van der Waals surface area contributed by atoms with Crippen LogP contribution in [0.4, 0.5) is 40.1 Å². The quantitative estimate of drug-likeness (QED) is 0.0563. The number of thiophene rings is 2. The van der Waals surface area contributed by atoms with Crippen LogP contribution in [0.25, 0.3) is 20.2 Å². The zero-order chi connectivity index (χ0) is 51.7. The Bertz CT molecular complexity index is 3410. The summed E-state index contributed by atoms with van der Waals surface area (Å²) in [5.41, 5.74) is 15.6. The number of sulfonamides is 2. The van der Waals surface area contributed by atoms with E-state index in [9.17, 15) is 31.2 Å². The molecular formula is C48H55N9O9S4. The Balaban J connectivity index is 0.000000239. The van der Waals surface area contributed by atoms with Crippen LogP contribution >= 0.6 is 22.7 Å². The summed E-state index contributed by atoms with van der Waals surface area (Å²) in [7, 11) is -4.34. The molecule has 7 rings (SSSR count). The summed E-state index contributed by atoms with van der Waals surface area (Å²) < 4.78 is 65.3. The summed E-state index contributed by atoms with van der Waals surface area (Å²) in [6.45, 7) is 13.6. The fraction of sp³-hybridized carbons (Fsp3) is 0.271.